The molecule has 1 aromatic carbocycles. The van der Waals surface area contributed by atoms with Crippen LogP contribution in [0.5, 0.6) is 0 Å². The second kappa shape index (κ2) is 5.11. The van der Waals surface area contributed by atoms with Crippen molar-refractivity contribution >= 4 is 34.2 Å². The van der Waals surface area contributed by atoms with Crippen molar-refractivity contribution in [1.82, 2.24) is 0 Å². The monoisotopic (exact) mass is 254 g/mol. The van der Waals surface area contributed by atoms with Crippen LogP contribution in [0.1, 0.15) is 13.8 Å². The minimum atomic E-state index is 0.426. The molecule has 1 aliphatic rings. The second-order valence-electron chi connectivity index (χ2n) is 4.16. The number of hydrogen-bond acceptors (Lipinski definition) is 3. The van der Waals surface area contributed by atoms with Gasteiger partial charge >= 0.3 is 0 Å². The highest BCUT2D eigenvalue weighted by atomic mass is 35.5. The van der Waals surface area contributed by atoms with E-state index in [0.29, 0.717) is 12.0 Å². The molecule has 0 amide bonds. The summed E-state index contributed by atoms with van der Waals surface area (Å²) in [6, 6.07) is 8.16. The van der Waals surface area contributed by atoms with Gasteiger partial charge in [-0.1, -0.05) is 49.3 Å². The van der Waals surface area contributed by atoms with Crippen molar-refractivity contribution < 1.29 is 0 Å². The molecule has 0 bridgehead atoms. The van der Waals surface area contributed by atoms with E-state index < -0.39 is 0 Å². The van der Waals surface area contributed by atoms with E-state index in [4.69, 9.17) is 11.6 Å². The van der Waals surface area contributed by atoms with E-state index in [2.05, 4.69) is 24.2 Å². The first-order chi connectivity index (χ1) is 7.66. The molecular weight excluding hydrogens is 240 g/mol. The number of amidine groups is 1. The molecule has 0 unspecified atom stereocenters. The number of thioether (sulfide) groups is 1. The number of nitrogens with zero attached hydrogens (tertiary/aromatic N) is 1. The molecule has 2 rings (SSSR count). The van der Waals surface area contributed by atoms with Gasteiger partial charge in [0.2, 0.25) is 0 Å². The summed E-state index contributed by atoms with van der Waals surface area (Å²) in [5.74, 6) is 1.66. The standard InChI is InChI=1S/C12H15ClN2S/c1-8(2)11-7-16-12(15-11)14-10-6-4-3-5-9(10)13/h3-6,8,11H,7H2,1-2H3,(H,14,15)/t11-/m1/s1. The fourth-order valence-electron chi connectivity index (χ4n) is 1.48. The Bertz CT molecular complexity index is 404. The SMILES string of the molecule is CC(C)[C@H]1CSC(Nc2ccccc2Cl)=N1. The van der Waals surface area contributed by atoms with Crippen LogP contribution >= 0.6 is 23.4 Å². The van der Waals surface area contributed by atoms with Crippen molar-refractivity contribution in [3.63, 3.8) is 0 Å². The second-order valence-corrected chi connectivity index (χ2v) is 5.58. The summed E-state index contributed by atoms with van der Waals surface area (Å²) >= 11 is 7.84. The fraction of sp³-hybridized carbons (Fsp3) is 0.417. The first-order valence-electron chi connectivity index (χ1n) is 5.39. The largest absolute Gasteiger partial charge is 0.334 e. The van der Waals surface area contributed by atoms with Gasteiger partial charge in [0.1, 0.15) is 0 Å². The third-order valence-corrected chi connectivity index (χ3v) is 3.88. The number of halogens is 1. The van der Waals surface area contributed by atoms with Gasteiger partial charge in [0, 0.05) is 5.75 Å². The number of rotatable bonds is 2. The van der Waals surface area contributed by atoms with E-state index in [-0.39, 0.29) is 0 Å². The summed E-state index contributed by atoms with van der Waals surface area (Å²) in [7, 11) is 0. The number of anilines is 1. The number of para-hydroxylation sites is 1. The lowest BCUT2D eigenvalue weighted by Crippen LogP contribution is -2.12. The lowest BCUT2D eigenvalue weighted by Gasteiger charge is -2.08. The van der Waals surface area contributed by atoms with Crippen LogP contribution in [0, 0.1) is 5.92 Å². The quantitative estimate of drug-likeness (QED) is 0.866. The zero-order chi connectivity index (χ0) is 11.5. The maximum atomic E-state index is 6.07. The van der Waals surface area contributed by atoms with Gasteiger partial charge in [0.25, 0.3) is 0 Å². The molecule has 0 saturated carbocycles. The predicted molar refractivity (Wildman–Crippen MR) is 73.6 cm³/mol. The highest BCUT2D eigenvalue weighted by Gasteiger charge is 2.21. The third kappa shape index (κ3) is 2.71. The topological polar surface area (TPSA) is 24.4 Å². The first-order valence-corrected chi connectivity index (χ1v) is 6.75. The molecule has 0 radical (unpaired) electrons. The van der Waals surface area contributed by atoms with Crippen molar-refractivity contribution in [2.45, 2.75) is 19.9 Å². The third-order valence-electron chi connectivity index (χ3n) is 2.56. The van der Waals surface area contributed by atoms with E-state index >= 15 is 0 Å². The van der Waals surface area contributed by atoms with E-state index in [1.807, 2.05) is 24.3 Å². The molecule has 1 aromatic rings. The molecule has 1 N–H and O–H groups in total. The van der Waals surface area contributed by atoms with Crippen LogP contribution in [0.4, 0.5) is 5.69 Å². The molecule has 2 nitrogen and oxygen atoms in total. The van der Waals surface area contributed by atoms with Crippen LogP contribution < -0.4 is 5.32 Å². The molecular formula is C12H15ClN2S. The Hall–Kier alpha value is -0.670. The Balaban J connectivity index is 2.07. The van der Waals surface area contributed by atoms with Crippen LogP contribution in [-0.2, 0) is 0 Å². The average molecular weight is 255 g/mol. The number of benzene rings is 1. The molecule has 4 heteroatoms. The molecule has 0 fully saturated rings. The Morgan fingerprint density at radius 2 is 2.19 bits per heavy atom. The average Bonchev–Trinajstić information content (AvgIpc) is 2.70. The summed E-state index contributed by atoms with van der Waals surface area (Å²) in [6.45, 7) is 4.40. The maximum absolute atomic E-state index is 6.07. The zero-order valence-electron chi connectivity index (χ0n) is 9.40. The molecule has 1 heterocycles. The number of nitrogens with one attached hydrogen (secondary N) is 1. The van der Waals surface area contributed by atoms with Gasteiger partial charge in [0.05, 0.1) is 16.8 Å². The lowest BCUT2D eigenvalue weighted by molar-refractivity contribution is 0.543. The van der Waals surface area contributed by atoms with E-state index in [1.165, 1.54) is 0 Å². The van der Waals surface area contributed by atoms with Crippen LogP contribution in [0.15, 0.2) is 29.3 Å². The summed E-state index contributed by atoms with van der Waals surface area (Å²) in [5, 5.41) is 4.99. The molecule has 1 aliphatic heterocycles. The maximum Gasteiger partial charge on any atom is 0.161 e. The minimum absolute atomic E-state index is 0.426. The normalized spacial score (nSPS) is 20.0. The van der Waals surface area contributed by atoms with Gasteiger partial charge in [-0.3, -0.25) is 4.99 Å². The zero-order valence-corrected chi connectivity index (χ0v) is 11.0. The Morgan fingerprint density at radius 3 is 2.81 bits per heavy atom. The summed E-state index contributed by atoms with van der Waals surface area (Å²) < 4.78 is 0. The van der Waals surface area contributed by atoms with Crippen molar-refractivity contribution in [3.8, 4) is 0 Å². The summed E-state index contributed by atoms with van der Waals surface area (Å²) in [5.41, 5.74) is 0.930. The van der Waals surface area contributed by atoms with Crippen molar-refractivity contribution in [2.75, 3.05) is 11.1 Å². The van der Waals surface area contributed by atoms with Crippen molar-refractivity contribution in [3.05, 3.63) is 29.3 Å². The first kappa shape index (κ1) is 11.8. The van der Waals surface area contributed by atoms with Crippen molar-refractivity contribution in [1.29, 1.82) is 0 Å². The Labute approximate surface area is 105 Å². The van der Waals surface area contributed by atoms with Crippen LogP contribution in [0.25, 0.3) is 0 Å². The smallest absolute Gasteiger partial charge is 0.161 e. The number of hydrogen-bond donors (Lipinski definition) is 1. The molecule has 16 heavy (non-hydrogen) atoms. The summed E-state index contributed by atoms with van der Waals surface area (Å²) in [4.78, 5) is 4.63. The predicted octanol–water partition coefficient (Wildman–Crippen LogP) is 3.88. The van der Waals surface area contributed by atoms with Crippen LogP contribution in [-0.4, -0.2) is 17.0 Å². The van der Waals surface area contributed by atoms with Crippen LogP contribution in [0.2, 0.25) is 5.02 Å². The molecule has 1 atom stereocenters. The highest BCUT2D eigenvalue weighted by Crippen LogP contribution is 2.27. The molecule has 86 valence electrons. The fourth-order valence-corrected chi connectivity index (χ4v) is 2.84. The van der Waals surface area contributed by atoms with E-state index in [0.717, 1.165) is 21.6 Å². The van der Waals surface area contributed by atoms with E-state index in [9.17, 15) is 0 Å². The molecule has 0 saturated heterocycles. The molecule has 0 aromatic heterocycles. The Morgan fingerprint density at radius 1 is 1.44 bits per heavy atom. The van der Waals surface area contributed by atoms with Gasteiger partial charge < -0.3 is 5.32 Å². The highest BCUT2D eigenvalue weighted by molar-refractivity contribution is 8.14. The van der Waals surface area contributed by atoms with Gasteiger partial charge in [0.15, 0.2) is 5.17 Å². The van der Waals surface area contributed by atoms with Gasteiger partial charge in [-0.05, 0) is 18.1 Å². The van der Waals surface area contributed by atoms with E-state index in [1.54, 1.807) is 11.8 Å². The van der Waals surface area contributed by atoms with Crippen LogP contribution in [0.3, 0.4) is 0 Å². The molecule has 0 aliphatic carbocycles. The summed E-state index contributed by atoms with van der Waals surface area (Å²) in [6.07, 6.45) is 0. The molecule has 0 spiro atoms. The van der Waals surface area contributed by atoms with Gasteiger partial charge in [-0.2, -0.15) is 0 Å². The van der Waals surface area contributed by atoms with Gasteiger partial charge in [-0.25, -0.2) is 0 Å². The Kier molecular flexibility index (Phi) is 3.77. The van der Waals surface area contributed by atoms with Gasteiger partial charge in [-0.15, -0.1) is 0 Å². The number of aliphatic imine (C=N–C) groups is 1. The lowest BCUT2D eigenvalue weighted by atomic mass is 10.1. The minimum Gasteiger partial charge on any atom is -0.334 e. The van der Waals surface area contributed by atoms with Crippen molar-refractivity contribution in [2.24, 2.45) is 10.9 Å².